The summed E-state index contributed by atoms with van der Waals surface area (Å²) < 4.78 is 0. The van der Waals surface area contributed by atoms with Crippen molar-refractivity contribution in [1.82, 2.24) is 4.98 Å². The molecule has 1 rings (SSSR count). The van der Waals surface area contributed by atoms with Crippen LogP contribution in [0.4, 0.5) is 5.82 Å². The van der Waals surface area contributed by atoms with Crippen LogP contribution in [0, 0.1) is 12.8 Å². The molecule has 0 aliphatic rings. The Morgan fingerprint density at radius 2 is 2.11 bits per heavy atom. The summed E-state index contributed by atoms with van der Waals surface area (Å²) in [6, 6.07) is 3.49. The van der Waals surface area contributed by atoms with Crippen molar-refractivity contribution >= 4 is 11.7 Å². The highest BCUT2D eigenvalue weighted by molar-refractivity contribution is 5.93. The summed E-state index contributed by atoms with van der Waals surface area (Å²) in [4.78, 5) is 15.5. The second-order valence-corrected chi connectivity index (χ2v) is 4.95. The number of pyridine rings is 1. The van der Waals surface area contributed by atoms with Gasteiger partial charge in [0.05, 0.1) is 0 Å². The van der Waals surface area contributed by atoms with Crippen LogP contribution < -0.4 is 16.8 Å². The monoisotopic (exact) mass is 250 g/mol. The zero-order valence-corrected chi connectivity index (χ0v) is 11.2. The van der Waals surface area contributed by atoms with Gasteiger partial charge in [0.1, 0.15) is 5.82 Å². The molecule has 1 unspecified atom stereocenters. The standard InChI is InChI=1S/C13H22N4O/c1-8(2)4-11(7-14)17-12-6-10(13(15)18)5-9(3)16-12/h5-6,8,11H,4,7,14H2,1-3H3,(H2,15,18)(H,16,17). The highest BCUT2D eigenvalue weighted by Crippen LogP contribution is 2.13. The third-order valence-corrected chi connectivity index (χ3v) is 2.63. The Kier molecular flexibility index (Phi) is 5.09. The first-order valence-electron chi connectivity index (χ1n) is 6.17. The number of hydrogen-bond donors (Lipinski definition) is 3. The molecule has 0 saturated heterocycles. The number of hydrogen-bond acceptors (Lipinski definition) is 4. The minimum Gasteiger partial charge on any atom is -0.366 e. The van der Waals surface area contributed by atoms with Gasteiger partial charge in [0.2, 0.25) is 5.91 Å². The minimum absolute atomic E-state index is 0.153. The first-order valence-corrected chi connectivity index (χ1v) is 6.17. The average Bonchev–Trinajstić information content (AvgIpc) is 2.26. The van der Waals surface area contributed by atoms with Gasteiger partial charge in [-0.1, -0.05) is 13.8 Å². The van der Waals surface area contributed by atoms with Gasteiger partial charge in [0.15, 0.2) is 0 Å². The maximum atomic E-state index is 11.2. The van der Waals surface area contributed by atoms with Gasteiger partial charge in [-0.3, -0.25) is 4.79 Å². The molecule has 0 aliphatic heterocycles. The van der Waals surface area contributed by atoms with Gasteiger partial charge in [0, 0.05) is 23.8 Å². The van der Waals surface area contributed by atoms with Crippen molar-refractivity contribution in [3.05, 3.63) is 23.4 Å². The van der Waals surface area contributed by atoms with E-state index < -0.39 is 5.91 Å². The summed E-state index contributed by atoms with van der Waals surface area (Å²) in [6.45, 7) is 6.64. The number of nitrogens with one attached hydrogen (secondary N) is 1. The molecule has 1 aromatic rings. The van der Waals surface area contributed by atoms with E-state index in [1.54, 1.807) is 12.1 Å². The van der Waals surface area contributed by atoms with E-state index in [4.69, 9.17) is 11.5 Å². The molecule has 100 valence electrons. The lowest BCUT2D eigenvalue weighted by atomic mass is 10.0. The van der Waals surface area contributed by atoms with Crippen molar-refractivity contribution in [3.8, 4) is 0 Å². The Morgan fingerprint density at radius 3 is 2.61 bits per heavy atom. The highest BCUT2D eigenvalue weighted by Gasteiger charge is 2.11. The number of carbonyl (C=O) groups excluding carboxylic acids is 1. The van der Waals surface area contributed by atoms with Crippen molar-refractivity contribution in [2.24, 2.45) is 17.4 Å². The number of carbonyl (C=O) groups is 1. The number of nitrogens with two attached hydrogens (primary N) is 2. The maximum absolute atomic E-state index is 11.2. The second kappa shape index (κ2) is 6.35. The van der Waals surface area contributed by atoms with Gasteiger partial charge < -0.3 is 16.8 Å². The number of aryl methyl sites for hydroxylation is 1. The molecule has 0 radical (unpaired) electrons. The van der Waals surface area contributed by atoms with Gasteiger partial charge in [-0.2, -0.15) is 0 Å². The summed E-state index contributed by atoms with van der Waals surface area (Å²) in [6.07, 6.45) is 0.956. The molecule has 0 bridgehead atoms. The molecule has 5 heteroatoms. The maximum Gasteiger partial charge on any atom is 0.248 e. The quantitative estimate of drug-likeness (QED) is 0.708. The Morgan fingerprint density at radius 1 is 1.44 bits per heavy atom. The summed E-state index contributed by atoms with van der Waals surface area (Å²) in [5.74, 6) is 0.753. The minimum atomic E-state index is -0.447. The van der Waals surface area contributed by atoms with Crippen LogP contribution in [0.5, 0.6) is 0 Å². The predicted molar refractivity (Wildman–Crippen MR) is 73.4 cm³/mol. The first-order chi connectivity index (χ1) is 8.42. The number of rotatable bonds is 6. The zero-order valence-electron chi connectivity index (χ0n) is 11.2. The summed E-state index contributed by atoms with van der Waals surface area (Å²) in [5, 5.41) is 3.25. The third kappa shape index (κ3) is 4.33. The molecule has 18 heavy (non-hydrogen) atoms. The summed E-state index contributed by atoms with van der Waals surface area (Å²) >= 11 is 0. The molecule has 1 atom stereocenters. The predicted octanol–water partition coefficient (Wildman–Crippen LogP) is 1.27. The van der Waals surface area contributed by atoms with Crippen molar-refractivity contribution in [2.75, 3.05) is 11.9 Å². The lowest BCUT2D eigenvalue weighted by molar-refractivity contribution is 0.1000. The van der Waals surface area contributed by atoms with Crippen molar-refractivity contribution in [2.45, 2.75) is 33.2 Å². The van der Waals surface area contributed by atoms with Crippen molar-refractivity contribution < 1.29 is 4.79 Å². The average molecular weight is 250 g/mol. The molecule has 0 spiro atoms. The smallest absolute Gasteiger partial charge is 0.248 e. The van der Waals surface area contributed by atoms with Crippen molar-refractivity contribution in [3.63, 3.8) is 0 Å². The van der Waals surface area contributed by atoms with Crippen LogP contribution in [0.2, 0.25) is 0 Å². The SMILES string of the molecule is Cc1cc(C(N)=O)cc(NC(CN)CC(C)C)n1. The number of primary amides is 1. The van der Waals surface area contributed by atoms with Gasteiger partial charge in [0.25, 0.3) is 0 Å². The van der Waals surface area contributed by atoms with Crippen LogP contribution in [0.1, 0.15) is 36.3 Å². The largest absolute Gasteiger partial charge is 0.366 e. The number of amides is 1. The van der Waals surface area contributed by atoms with Gasteiger partial charge in [-0.05, 0) is 31.4 Å². The van der Waals surface area contributed by atoms with E-state index in [2.05, 4.69) is 24.1 Å². The van der Waals surface area contributed by atoms with Gasteiger partial charge >= 0.3 is 0 Å². The van der Waals surface area contributed by atoms with E-state index in [1.807, 2.05) is 6.92 Å². The molecule has 1 heterocycles. The van der Waals surface area contributed by atoms with Crippen LogP contribution in [-0.2, 0) is 0 Å². The third-order valence-electron chi connectivity index (χ3n) is 2.63. The van der Waals surface area contributed by atoms with Crippen LogP contribution in [0.25, 0.3) is 0 Å². The highest BCUT2D eigenvalue weighted by atomic mass is 16.1. The van der Waals surface area contributed by atoms with E-state index in [0.717, 1.165) is 12.1 Å². The van der Waals surface area contributed by atoms with Crippen LogP contribution in [0.3, 0.4) is 0 Å². The molecule has 1 amide bonds. The number of aromatic nitrogens is 1. The van der Waals surface area contributed by atoms with Crippen LogP contribution in [-0.4, -0.2) is 23.5 Å². The molecular formula is C13H22N4O. The first kappa shape index (κ1) is 14.4. The van der Waals surface area contributed by atoms with E-state index in [0.29, 0.717) is 23.8 Å². The molecule has 0 fully saturated rings. The Hall–Kier alpha value is -1.62. The lowest BCUT2D eigenvalue weighted by Crippen LogP contribution is -2.30. The molecular weight excluding hydrogens is 228 g/mol. The molecule has 0 aromatic carbocycles. The lowest BCUT2D eigenvalue weighted by Gasteiger charge is -2.19. The van der Waals surface area contributed by atoms with Gasteiger partial charge in [-0.15, -0.1) is 0 Å². The topological polar surface area (TPSA) is 94.0 Å². The molecule has 0 saturated carbocycles. The van der Waals surface area contributed by atoms with E-state index in [1.165, 1.54) is 0 Å². The fraction of sp³-hybridized carbons (Fsp3) is 0.538. The summed E-state index contributed by atoms with van der Waals surface area (Å²) in [7, 11) is 0. The Labute approximate surface area is 108 Å². The van der Waals surface area contributed by atoms with Crippen molar-refractivity contribution in [1.29, 1.82) is 0 Å². The Balaban J connectivity index is 2.85. The zero-order chi connectivity index (χ0) is 13.7. The van der Waals surface area contributed by atoms with Gasteiger partial charge in [-0.25, -0.2) is 4.98 Å². The summed E-state index contributed by atoms with van der Waals surface area (Å²) in [5.41, 5.74) is 12.2. The normalized spacial score (nSPS) is 12.5. The van der Waals surface area contributed by atoms with E-state index in [-0.39, 0.29) is 6.04 Å². The fourth-order valence-corrected chi connectivity index (χ4v) is 1.88. The van der Waals surface area contributed by atoms with Crippen LogP contribution in [0.15, 0.2) is 12.1 Å². The van der Waals surface area contributed by atoms with E-state index >= 15 is 0 Å². The van der Waals surface area contributed by atoms with E-state index in [9.17, 15) is 4.79 Å². The number of anilines is 1. The Bertz CT molecular complexity index is 417. The fourth-order valence-electron chi connectivity index (χ4n) is 1.88. The molecule has 5 nitrogen and oxygen atoms in total. The second-order valence-electron chi connectivity index (χ2n) is 4.95. The van der Waals surface area contributed by atoms with Crippen LogP contribution >= 0.6 is 0 Å². The molecule has 1 aromatic heterocycles. The number of nitrogens with zero attached hydrogens (tertiary/aromatic N) is 1. The molecule has 0 aliphatic carbocycles. The molecule has 5 N–H and O–H groups in total.